The SMILES string of the molecule is COCC(N)C(=O)NCc1cc([N+](=O)[O-])ccc1OC. The van der Waals surface area contributed by atoms with Crippen molar-refractivity contribution in [3.05, 3.63) is 33.9 Å². The first-order valence-corrected chi connectivity index (χ1v) is 5.83. The first-order valence-electron chi connectivity index (χ1n) is 5.83. The molecule has 3 N–H and O–H groups in total. The third kappa shape index (κ3) is 4.18. The molecule has 0 bridgehead atoms. The molecule has 1 aromatic rings. The van der Waals surface area contributed by atoms with E-state index in [2.05, 4.69) is 5.32 Å². The Balaban J connectivity index is 2.77. The fourth-order valence-corrected chi connectivity index (χ4v) is 1.59. The normalized spacial score (nSPS) is 11.8. The Bertz CT molecular complexity index is 492. The number of nitrogens with zero attached hydrogens (tertiary/aromatic N) is 1. The van der Waals surface area contributed by atoms with Crippen molar-refractivity contribution < 1.29 is 19.2 Å². The number of nitro groups is 1. The van der Waals surface area contributed by atoms with Crippen LogP contribution in [0, 0.1) is 10.1 Å². The molecule has 0 aliphatic carbocycles. The molecule has 8 nitrogen and oxygen atoms in total. The number of nitrogens with two attached hydrogens (primary N) is 1. The molecule has 0 aromatic heterocycles. The van der Waals surface area contributed by atoms with E-state index in [1.54, 1.807) is 0 Å². The quantitative estimate of drug-likeness (QED) is 0.545. The molecule has 0 aliphatic rings. The zero-order chi connectivity index (χ0) is 15.1. The van der Waals surface area contributed by atoms with E-state index in [4.69, 9.17) is 15.2 Å². The molecule has 1 aromatic carbocycles. The van der Waals surface area contributed by atoms with Crippen LogP contribution < -0.4 is 15.8 Å². The average molecular weight is 283 g/mol. The summed E-state index contributed by atoms with van der Waals surface area (Å²) in [5.41, 5.74) is 5.99. The van der Waals surface area contributed by atoms with Crippen LogP contribution in [-0.2, 0) is 16.1 Å². The lowest BCUT2D eigenvalue weighted by atomic mass is 10.1. The Morgan fingerprint density at radius 2 is 2.20 bits per heavy atom. The van der Waals surface area contributed by atoms with Crippen molar-refractivity contribution in [2.24, 2.45) is 5.73 Å². The van der Waals surface area contributed by atoms with Gasteiger partial charge in [0.2, 0.25) is 5.91 Å². The molecule has 1 atom stereocenters. The van der Waals surface area contributed by atoms with Gasteiger partial charge in [-0.05, 0) is 6.07 Å². The largest absolute Gasteiger partial charge is 0.496 e. The second-order valence-electron chi connectivity index (χ2n) is 4.03. The number of non-ortho nitro benzene ring substituents is 1. The number of carbonyl (C=O) groups is 1. The molecular formula is C12H17N3O5. The van der Waals surface area contributed by atoms with E-state index in [-0.39, 0.29) is 18.8 Å². The van der Waals surface area contributed by atoms with E-state index in [1.807, 2.05) is 0 Å². The van der Waals surface area contributed by atoms with Gasteiger partial charge in [-0.2, -0.15) is 0 Å². The molecule has 1 amide bonds. The minimum absolute atomic E-state index is 0.0729. The summed E-state index contributed by atoms with van der Waals surface area (Å²) in [5.74, 6) is 0.0524. The van der Waals surface area contributed by atoms with Crippen molar-refractivity contribution in [3.63, 3.8) is 0 Å². The van der Waals surface area contributed by atoms with Crippen LogP contribution in [0.25, 0.3) is 0 Å². The van der Waals surface area contributed by atoms with Gasteiger partial charge in [0.25, 0.3) is 5.69 Å². The van der Waals surface area contributed by atoms with Crippen LogP contribution in [-0.4, -0.2) is 37.7 Å². The second-order valence-corrected chi connectivity index (χ2v) is 4.03. The predicted molar refractivity (Wildman–Crippen MR) is 71.3 cm³/mol. The Morgan fingerprint density at radius 3 is 2.75 bits per heavy atom. The number of methoxy groups -OCH3 is 2. The Hall–Kier alpha value is -2.19. The minimum atomic E-state index is -0.787. The third-order valence-corrected chi connectivity index (χ3v) is 2.61. The molecule has 0 spiro atoms. The van der Waals surface area contributed by atoms with Crippen molar-refractivity contribution in [2.45, 2.75) is 12.6 Å². The van der Waals surface area contributed by atoms with Gasteiger partial charge in [-0.1, -0.05) is 0 Å². The topological polar surface area (TPSA) is 117 Å². The maximum atomic E-state index is 11.6. The molecule has 1 rings (SSSR count). The lowest BCUT2D eigenvalue weighted by molar-refractivity contribution is -0.384. The number of nitrogens with one attached hydrogen (secondary N) is 1. The molecule has 8 heteroatoms. The van der Waals surface area contributed by atoms with Crippen LogP contribution in [0.15, 0.2) is 18.2 Å². The van der Waals surface area contributed by atoms with Gasteiger partial charge >= 0.3 is 0 Å². The molecule has 0 aliphatic heterocycles. The number of rotatable bonds is 7. The van der Waals surface area contributed by atoms with Gasteiger partial charge in [0.1, 0.15) is 11.8 Å². The first kappa shape index (κ1) is 15.9. The van der Waals surface area contributed by atoms with Crippen molar-refractivity contribution in [3.8, 4) is 5.75 Å². The highest BCUT2D eigenvalue weighted by atomic mass is 16.6. The summed E-state index contributed by atoms with van der Waals surface area (Å²) in [7, 11) is 2.89. The van der Waals surface area contributed by atoms with Gasteiger partial charge in [0, 0.05) is 31.4 Å². The molecule has 0 radical (unpaired) electrons. The summed E-state index contributed by atoms with van der Waals surface area (Å²) in [5, 5.41) is 13.3. The average Bonchev–Trinajstić information content (AvgIpc) is 2.44. The number of nitro benzene ring substituents is 1. The molecule has 110 valence electrons. The van der Waals surface area contributed by atoms with Crippen molar-refractivity contribution >= 4 is 11.6 Å². The van der Waals surface area contributed by atoms with Crippen molar-refractivity contribution in [1.29, 1.82) is 0 Å². The third-order valence-electron chi connectivity index (χ3n) is 2.61. The lowest BCUT2D eigenvalue weighted by Crippen LogP contribution is -2.43. The fraction of sp³-hybridized carbons (Fsp3) is 0.417. The van der Waals surface area contributed by atoms with E-state index < -0.39 is 16.9 Å². The Kier molecular flexibility index (Phi) is 5.88. The predicted octanol–water partition coefficient (Wildman–Crippen LogP) is 0.193. The number of ether oxygens (including phenoxy) is 2. The van der Waals surface area contributed by atoms with Gasteiger partial charge < -0.3 is 20.5 Å². The maximum Gasteiger partial charge on any atom is 0.270 e. The van der Waals surface area contributed by atoms with Gasteiger partial charge in [-0.3, -0.25) is 14.9 Å². The molecular weight excluding hydrogens is 266 g/mol. The smallest absolute Gasteiger partial charge is 0.270 e. The molecule has 0 heterocycles. The monoisotopic (exact) mass is 283 g/mol. The van der Waals surface area contributed by atoms with E-state index in [0.29, 0.717) is 11.3 Å². The minimum Gasteiger partial charge on any atom is -0.496 e. The lowest BCUT2D eigenvalue weighted by Gasteiger charge is -2.13. The summed E-state index contributed by atoms with van der Waals surface area (Å²) < 4.78 is 9.86. The van der Waals surface area contributed by atoms with E-state index in [9.17, 15) is 14.9 Å². The summed E-state index contributed by atoms with van der Waals surface area (Å²) in [6, 6.07) is 3.38. The van der Waals surface area contributed by atoms with Crippen LogP contribution in [0.3, 0.4) is 0 Å². The number of benzene rings is 1. The highest BCUT2D eigenvalue weighted by molar-refractivity contribution is 5.81. The molecule has 0 saturated carbocycles. The second kappa shape index (κ2) is 7.41. The number of amides is 1. The highest BCUT2D eigenvalue weighted by Crippen LogP contribution is 2.23. The summed E-state index contributed by atoms with van der Waals surface area (Å²) in [4.78, 5) is 21.8. The zero-order valence-corrected chi connectivity index (χ0v) is 11.3. The van der Waals surface area contributed by atoms with Crippen LogP contribution >= 0.6 is 0 Å². The summed E-state index contributed by atoms with van der Waals surface area (Å²) in [6.45, 7) is 0.180. The maximum absolute atomic E-state index is 11.6. The standard InChI is InChI=1S/C12H17N3O5/c1-19-7-10(13)12(16)14-6-8-5-9(15(17)18)3-4-11(8)20-2/h3-5,10H,6-7,13H2,1-2H3,(H,14,16). The summed E-state index contributed by atoms with van der Waals surface area (Å²) in [6.07, 6.45) is 0. The van der Waals surface area contributed by atoms with Crippen LogP contribution in [0.2, 0.25) is 0 Å². The number of hydrogen-bond acceptors (Lipinski definition) is 6. The number of hydrogen-bond donors (Lipinski definition) is 2. The summed E-state index contributed by atoms with van der Waals surface area (Å²) >= 11 is 0. The van der Waals surface area contributed by atoms with Gasteiger partial charge in [0.15, 0.2) is 0 Å². The van der Waals surface area contributed by atoms with Crippen LogP contribution in [0.4, 0.5) is 5.69 Å². The molecule has 0 saturated heterocycles. The van der Waals surface area contributed by atoms with E-state index in [1.165, 1.54) is 32.4 Å². The van der Waals surface area contributed by atoms with Gasteiger partial charge in [-0.25, -0.2) is 0 Å². The van der Waals surface area contributed by atoms with Crippen LogP contribution in [0.1, 0.15) is 5.56 Å². The van der Waals surface area contributed by atoms with E-state index >= 15 is 0 Å². The number of carbonyl (C=O) groups excluding carboxylic acids is 1. The van der Waals surface area contributed by atoms with Crippen LogP contribution in [0.5, 0.6) is 5.75 Å². The van der Waals surface area contributed by atoms with Gasteiger partial charge in [-0.15, -0.1) is 0 Å². The van der Waals surface area contributed by atoms with Crippen molar-refractivity contribution in [1.82, 2.24) is 5.32 Å². The van der Waals surface area contributed by atoms with Crippen molar-refractivity contribution in [2.75, 3.05) is 20.8 Å². The van der Waals surface area contributed by atoms with E-state index in [0.717, 1.165) is 0 Å². The van der Waals surface area contributed by atoms with Gasteiger partial charge in [0.05, 0.1) is 18.6 Å². The zero-order valence-electron chi connectivity index (χ0n) is 11.3. The highest BCUT2D eigenvalue weighted by Gasteiger charge is 2.15. The fourth-order valence-electron chi connectivity index (χ4n) is 1.59. The molecule has 1 unspecified atom stereocenters. The first-order chi connectivity index (χ1) is 9.49. The molecule has 0 fully saturated rings. The molecule has 20 heavy (non-hydrogen) atoms. The Morgan fingerprint density at radius 1 is 1.50 bits per heavy atom. The Labute approximate surface area is 116 Å².